The number of aromatic amines is 1. The van der Waals surface area contributed by atoms with Gasteiger partial charge < -0.3 is 21.7 Å². The number of rotatable bonds is 8. The summed E-state index contributed by atoms with van der Waals surface area (Å²) in [7, 11) is 0. The molecule has 6 N–H and O–H groups in total. The number of nitrogens with two attached hydrogens (primary N) is 1. The van der Waals surface area contributed by atoms with Crippen molar-refractivity contribution in [1.29, 1.82) is 0 Å². The zero-order valence-corrected chi connectivity index (χ0v) is 24.7. The minimum Gasteiger partial charge on any atom is -0.381 e. The topological polar surface area (TPSA) is 210 Å². The van der Waals surface area contributed by atoms with Crippen molar-refractivity contribution in [3.8, 4) is 0 Å². The Balaban J connectivity index is 0.000000178. The van der Waals surface area contributed by atoms with Crippen LogP contribution in [0.4, 0.5) is 17.3 Å². The highest BCUT2D eigenvalue weighted by molar-refractivity contribution is 6.19. The molecule has 0 fully saturated rings. The van der Waals surface area contributed by atoms with Gasteiger partial charge in [0, 0.05) is 35.2 Å². The Morgan fingerprint density at radius 1 is 0.889 bits per heavy atom. The average Bonchev–Trinajstić information content (AvgIpc) is 3.43. The molecular formula is C31H30N10O4. The highest BCUT2D eigenvalue weighted by Gasteiger charge is 2.34. The van der Waals surface area contributed by atoms with E-state index in [0.717, 1.165) is 16.9 Å². The van der Waals surface area contributed by atoms with Gasteiger partial charge in [-0.15, -0.1) is 0 Å². The van der Waals surface area contributed by atoms with Crippen LogP contribution in [0.25, 0.3) is 11.2 Å². The van der Waals surface area contributed by atoms with E-state index in [1.807, 2.05) is 12.1 Å². The molecule has 6 rings (SSSR count). The predicted molar refractivity (Wildman–Crippen MR) is 171 cm³/mol. The van der Waals surface area contributed by atoms with Gasteiger partial charge in [-0.3, -0.25) is 24.2 Å². The fourth-order valence-electron chi connectivity index (χ4n) is 4.54. The molecule has 2 aliphatic rings. The Morgan fingerprint density at radius 3 is 2.09 bits per heavy atom. The molecule has 0 saturated heterocycles. The van der Waals surface area contributed by atoms with Crippen LogP contribution in [-0.2, 0) is 11.3 Å². The molecule has 2 aromatic heterocycles. The van der Waals surface area contributed by atoms with Crippen LogP contribution >= 0.6 is 0 Å². The van der Waals surface area contributed by atoms with Crippen LogP contribution in [0.2, 0.25) is 0 Å². The van der Waals surface area contributed by atoms with E-state index in [1.165, 1.54) is 20.0 Å². The fraction of sp³-hybridized carbons (Fsp3) is 0.194. The van der Waals surface area contributed by atoms with E-state index in [9.17, 15) is 19.2 Å². The first-order chi connectivity index (χ1) is 21.6. The number of anilines is 3. The quantitative estimate of drug-likeness (QED) is 0.185. The molecule has 45 heavy (non-hydrogen) atoms. The number of fused-ring (bicyclic) bond motifs is 2. The summed E-state index contributed by atoms with van der Waals surface area (Å²) >= 11 is 0. The third kappa shape index (κ3) is 7.30. The number of Topliss-reactive ketones (excluding diaryl/α,β-unsaturated/α-hetero) is 2. The molecule has 2 aromatic carbocycles. The number of carbonyl (C=O) groups excluding carboxylic acids is 3. The van der Waals surface area contributed by atoms with E-state index in [0.29, 0.717) is 41.6 Å². The second-order valence-corrected chi connectivity index (χ2v) is 10.3. The standard InChI is InChI=1S/C16H16N4O2.C15H14N6O2/c1-9(21)11-3-5-13(6-4-11)17-7-12-8-18-15-14(12)16(22)20-10(2)19-15;1-8(22)9-2-4-10(5-3-9)17-6-11-7-18-13-12(19-11)14(23)21-15(16)20-13/h3-6,8,14,17H,7H2,1-2H3,(H,18,19,20,22);2-5,7,17H,6H2,1H3,(H3,16,18,20,21,23). The number of amides is 1. The first-order valence-electron chi connectivity index (χ1n) is 13.9. The van der Waals surface area contributed by atoms with Crippen molar-refractivity contribution in [3.63, 3.8) is 0 Å². The third-order valence-electron chi connectivity index (χ3n) is 6.88. The maximum Gasteiger partial charge on any atom is 0.280 e. The van der Waals surface area contributed by atoms with Crippen LogP contribution in [0.15, 0.2) is 81.3 Å². The minimum atomic E-state index is -0.423. The average molecular weight is 607 g/mol. The van der Waals surface area contributed by atoms with Crippen molar-refractivity contribution < 1.29 is 14.4 Å². The van der Waals surface area contributed by atoms with E-state index in [2.05, 4.69) is 45.9 Å². The normalized spacial score (nSPS) is 15.0. The molecular weight excluding hydrogens is 576 g/mol. The second-order valence-electron chi connectivity index (χ2n) is 10.3. The molecule has 0 saturated carbocycles. The Labute approximate surface area is 257 Å². The van der Waals surface area contributed by atoms with Crippen LogP contribution < -0.4 is 27.2 Å². The maximum absolute atomic E-state index is 12.0. The summed E-state index contributed by atoms with van der Waals surface area (Å²) in [5, 5.41) is 9.11. The lowest BCUT2D eigenvalue weighted by Crippen LogP contribution is -2.43. The lowest BCUT2D eigenvalue weighted by Gasteiger charge is -2.20. The zero-order chi connectivity index (χ0) is 32.1. The van der Waals surface area contributed by atoms with Crippen molar-refractivity contribution in [2.24, 2.45) is 15.9 Å². The molecule has 1 unspecified atom stereocenters. The number of nitrogen functional groups attached to an aromatic ring is 1. The van der Waals surface area contributed by atoms with Gasteiger partial charge in [0.2, 0.25) is 11.9 Å². The van der Waals surface area contributed by atoms with Crippen molar-refractivity contribution >= 4 is 57.6 Å². The van der Waals surface area contributed by atoms with E-state index in [1.54, 1.807) is 49.5 Å². The third-order valence-corrected chi connectivity index (χ3v) is 6.88. The number of amidine groups is 2. The highest BCUT2D eigenvalue weighted by atomic mass is 16.2. The number of benzene rings is 2. The predicted octanol–water partition coefficient (Wildman–Crippen LogP) is 2.87. The van der Waals surface area contributed by atoms with Gasteiger partial charge in [-0.2, -0.15) is 4.98 Å². The van der Waals surface area contributed by atoms with Gasteiger partial charge in [-0.05, 0) is 74.9 Å². The number of ketones is 2. The molecule has 4 heterocycles. The first kappa shape index (κ1) is 30.4. The highest BCUT2D eigenvalue weighted by Crippen LogP contribution is 2.24. The van der Waals surface area contributed by atoms with Gasteiger partial charge >= 0.3 is 0 Å². The summed E-state index contributed by atoms with van der Waals surface area (Å²) in [6.07, 6.45) is 3.23. The summed E-state index contributed by atoms with van der Waals surface area (Å²) in [6, 6.07) is 14.3. The number of carbonyl (C=O) groups is 3. The summed E-state index contributed by atoms with van der Waals surface area (Å²) in [6.45, 7) is 5.68. The Hall–Kier alpha value is -6.05. The van der Waals surface area contributed by atoms with Gasteiger partial charge in [-0.25, -0.2) is 20.0 Å². The largest absolute Gasteiger partial charge is 0.381 e. The van der Waals surface area contributed by atoms with Gasteiger partial charge in [0.05, 0.1) is 18.4 Å². The Bertz CT molecular complexity index is 1940. The van der Waals surface area contributed by atoms with Crippen molar-refractivity contribution in [3.05, 3.63) is 93.7 Å². The van der Waals surface area contributed by atoms with Crippen molar-refractivity contribution in [1.82, 2.24) is 25.3 Å². The minimum absolute atomic E-state index is 0.00763. The van der Waals surface area contributed by atoms with E-state index in [4.69, 9.17) is 5.73 Å². The molecule has 0 spiro atoms. The number of aliphatic imine (C=N–C) groups is 2. The van der Waals surface area contributed by atoms with Gasteiger partial charge in [0.1, 0.15) is 17.6 Å². The van der Waals surface area contributed by atoms with E-state index < -0.39 is 11.5 Å². The molecule has 1 amide bonds. The molecule has 2 aliphatic heterocycles. The molecule has 14 heteroatoms. The van der Waals surface area contributed by atoms with E-state index in [-0.39, 0.29) is 34.6 Å². The second kappa shape index (κ2) is 13.1. The molecule has 0 bridgehead atoms. The summed E-state index contributed by atoms with van der Waals surface area (Å²) in [4.78, 5) is 69.4. The van der Waals surface area contributed by atoms with Crippen LogP contribution in [0, 0.1) is 5.92 Å². The number of hydrogen-bond donors (Lipinski definition) is 5. The Kier molecular flexibility index (Phi) is 8.84. The maximum atomic E-state index is 12.0. The molecule has 0 aliphatic carbocycles. The van der Waals surface area contributed by atoms with Crippen molar-refractivity contribution in [2.45, 2.75) is 27.3 Å². The zero-order valence-electron chi connectivity index (χ0n) is 24.7. The number of aromatic nitrogens is 4. The summed E-state index contributed by atoms with van der Waals surface area (Å²) in [5.41, 5.74) is 9.89. The van der Waals surface area contributed by atoms with Crippen LogP contribution in [0.1, 0.15) is 47.2 Å². The fourth-order valence-corrected chi connectivity index (χ4v) is 4.54. The van der Waals surface area contributed by atoms with Crippen LogP contribution in [0.3, 0.4) is 0 Å². The monoisotopic (exact) mass is 606 g/mol. The number of nitrogens with zero attached hydrogens (tertiary/aromatic N) is 5. The summed E-state index contributed by atoms with van der Waals surface area (Å²) in [5.74, 6) is 0.676. The van der Waals surface area contributed by atoms with Crippen molar-refractivity contribution in [2.75, 3.05) is 22.9 Å². The van der Waals surface area contributed by atoms with Gasteiger partial charge in [0.25, 0.3) is 5.56 Å². The molecule has 0 radical (unpaired) electrons. The lowest BCUT2D eigenvalue weighted by atomic mass is 9.98. The van der Waals surface area contributed by atoms with E-state index >= 15 is 0 Å². The smallest absolute Gasteiger partial charge is 0.280 e. The van der Waals surface area contributed by atoms with Gasteiger partial charge in [0.15, 0.2) is 22.7 Å². The lowest BCUT2D eigenvalue weighted by molar-refractivity contribution is -0.120. The molecule has 228 valence electrons. The SMILES string of the molecule is CC(=O)c1ccc(NCC2=CN=C3N=C(C)NC(=O)C23)cc1.CC(=O)c1ccc(NCc2cnc3nc(N)[nH]c(=O)c3n2)cc1. The Morgan fingerprint density at radius 2 is 1.49 bits per heavy atom. The number of nitrogens with one attached hydrogen (secondary N) is 4. The number of H-pyrrole nitrogens is 1. The molecule has 1 atom stereocenters. The molecule has 14 nitrogen and oxygen atoms in total. The number of hydrogen-bond acceptors (Lipinski definition) is 12. The van der Waals surface area contributed by atoms with Crippen LogP contribution in [-0.4, -0.2) is 55.6 Å². The van der Waals surface area contributed by atoms with Gasteiger partial charge in [-0.1, -0.05) is 0 Å². The summed E-state index contributed by atoms with van der Waals surface area (Å²) < 4.78 is 0. The molecule has 4 aromatic rings. The first-order valence-corrected chi connectivity index (χ1v) is 13.9. The van der Waals surface area contributed by atoms with Crippen LogP contribution in [0.5, 0.6) is 0 Å².